The topological polar surface area (TPSA) is 65.6 Å². The van der Waals surface area contributed by atoms with Gasteiger partial charge in [-0.3, -0.25) is 9.59 Å². The first kappa shape index (κ1) is 23.6. The van der Waals surface area contributed by atoms with Crippen molar-refractivity contribution in [2.75, 3.05) is 26.3 Å². The first-order valence-electron chi connectivity index (χ1n) is 13.0. The van der Waals surface area contributed by atoms with Crippen LogP contribution >= 0.6 is 0 Å². The molecule has 6 heteroatoms. The molecule has 2 aromatic carbocycles. The molecule has 184 valence electrons. The summed E-state index contributed by atoms with van der Waals surface area (Å²) in [5.41, 5.74) is 4.60. The average molecular weight is 474 g/mol. The number of unbranched alkanes of at least 4 members (excludes halogenated alkanes) is 1. The predicted molar refractivity (Wildman–Crippen MR) is 137 cm³/mol. The Morgan fingerprint density at radius 2 is 1.77 bits per heavy atom. The summed E-state index contributed by atoms with van der Waals surface area (Å²) in [6.45, 7) is 4.24. The van der Waals surface area contributed by atoms with Crippen molar-refractivity contribution >= 4 is 22.7 Å². The Labute approximate surface area is 207 Å². The number of piperazine rings is 1. The number of fused-ring (bicyclic) bond motifs is 4. The first-order valence-corrected chi connectivity index (χ1v) is 13.0. The number of aromatic amines is 1. The van der Waals surface area contributed by atoms with Crippen LogP contribution in [0.25, 0.3) is 10.9 Å². The van der Waals surface area contributed by atoms with E-state index in [1.165, 1.54) is 11.1 Å². The largest absolute Gasteiger partial charge is 0.381 e. The fourth-order valence-electron chi connectivity index (χ4n) is 5.59. The van der Waals surface area contributed by atoms with Crippen LogP contribution in [-0.2, 0) is 27.2 Å². The van der Waals surface area contributed by atoms with Crippen molar-refractivity contribution in [3.05, 3.63) is 71.4 Å². The van der Waals surface area contributed by atoms with E-state index in [1.807, 2.05) is 35.2 Å². The summed E-state index contributed by atoms with van der Waals surface area (Å²) >= 11 is 0. The Morgan fingerprint density at radius 3 is 2.60 bits per heavy atom. The molecule has 2 amide bonds. The van der Waals surface area contributed by atoms with Gasteiger partial charge in [-0.2, -0.15) is 0 Å². The lowest BCUT2D eigenvalue weighted by Gasteiger charge is -2.47. The van der Waals surface area contributed by atoms with Crippen molar-refractivity contribution < 1.29 is 14.3 Å². The Balaban J connectivity index is 1.38. The van der Waals surface area contributed by atoms with Crippen molar-refractivity contribution in [3.63, 3.8) is 0 Å². The number of ether oxygens (including phenoxy) is 1. The Bertz CT molecular complexity index is 1170. The van der Waals surface area contributed by atoms with Crippen LogP contribution in [0.15, 0.2) is 54.6 Å². The number of para-hydroxylation sites is 1. The van der Waals surface area contributed by atoms with Gasteiger partial charge >= 0.3 is 0 Å². The molecule has 1 fully saturated rings. The number of aromatic nitrogens is 1. The standard InChI is InChI=1S/C29H35N3O3/c1-2-3-17-35-18-9-16-31-20-27(33)32-25(15-14-21-10-5-4-6-11-21)28-23(19-26(32)29(31)34)22-12-7-8-13-24(22)30-28/h4-8,10-13,25-26,30H,2-3,9,14-20H2,1H3/t25-,26-/m0/s1. The number of hydrogen-bond acceptors (Lipinski definition) is 3. The second kappa shape index (κ2) is 10.6. The second-order valence-electron chi connectivity index (χ2n) is 9.70. The third-order valence-corrected chi connectivity index (χ3v) is 7.37. The number of nitrogens with zero attached hydrogens (tertiary/aromatic N) is 2. The Kier molecular flexibility index (Phi) is 7.19. The minimum atomic E-state index is -0.440. The zero-order chi connectivity index (χ0) is 24.2. The van der Waals surface area contributed by atoms with Crippen molar-refractivity contribution in [1.29, 1.82) is 0 Å². The Hall–Kier alpha value is -3.12. The number of nitrogens with one attached hydrogen (secondary N) is 1. The molecule has 1 aromatic heterocycles. The van der Waals surface area contributed by atoms with Crippen molar-refractivity contribution in [3.8, 4) is 0 Å². The highest BCUT2D eigenvalue weighted by atomic mass is 16.5. The summed E-state index contributed by atoms with van der Waals surface area (Å²) in [5, 5.41) is 1.16. The van der Waals surface area contributed by atoms with Crippen LogP contribution < -0.4 is 0 Å². The first-order chi connectivity index (χ1) is 17.2. The van der Waals surface area contributed by atoms with E-state index in [9.17, 15) is 9.59 Å². The SMILES string of the molecule is CCCCOCCCN1CC(=O)N2[C@@H](Cc3c([nH]c4ccccc34)[C@@H]2CCc2ccccc2)C1=O. The van der Waals surface area contributed by atoms with E-state index in [4.69, 9.17) is 4.74 Å². The van der Waals surface area contributed by atoms with Crippen LogP contribution in [-0.4, -0.2) is 58.9 Å². The highest BCUT2D eigenvalue weighted by Gasteiger charge is 2.47. The number of rotatable bonds is 10. The molecule has 1 saturated heterocycles. The summed E-state index contributed by atoms with van der Waals surface area (Å²) in [7, 11) is 0. The lowest BCUT2D eigenvalue weighted by Crippen LogP contribution is -2.63. The zero-order valence-corrected chi connectivity index (χ0v) is 20.5. The molecule has 0 bridgehead atoms. The molecule has 5 rings (SSSR count). The second-order valence-corrected chi connectivity index (χ2v) is 9.70. The molecule has 0 aliphatic carbocycles. The number of carbonyl (C=O) groups excluding carboxylic acids is 2. The monoisotopic (exact) mass is 473 g/mol. The summed E-state index contributed by atoms with van der Waals surface area (Å²) in [5.74, 6) is 0.114. The average Bonchev–Trinajstić information content (AvgIpc) is 3.26. The van der Waals surface area contributed by atoms with E-state index in [-0.39, 0.29) is 24.4 Å². The van der Waals surface area contributed by atoms with Gasteiger partial charge in [-0.1, -0.05) is 61.9 Å². The molecule has 6 nitrogen and oxygen atoms in total. The van der Waals surface area contributed by atoms with Gasteiger partial charge in [0.05, 0.1) is 12.6 Å². The van der Waals surface area contributed by atoms with Crippen LogP contribution in [0.5, 0.6) is 0 Å². The third kappa shape index (κ3) is 4.85. The minimum Gasteiger partial charge on any atom is -0.381 e. The molecule has 2 atom stereocenters. The van der Waals surface area contributed by atoms with Gasteiger partial charge in [0.2, 0.25) is 11.8 Å². The van der Waals surface area contributed by atoms with Gasteiger partial charge in [0.25, 0.3) is 0 Å². The molecule has 1 N–H and O–H groups in total. The maximum Gasteiger partial charge on any atom is 0.246 e. The fourth-order valence-corrected chi connectivity index (χ4v) is 5.59. The molecule has 2 aliphatic heterocycles. The molecule has 2 aliphatic rings. The lowest BCUT2D eigenvalue weighted by molar-refractivity contribution is -0.160. The van der Waals surface area contributed by atoms with Gasteiger partial charge in [-0.25, -0.2) is 0 Å². The maximum absolute atomic E-state index is 13.6. The number of hydrogen-bond donors (Lipinski definition) is 1. The lowest BCUT2D eigenvalue weighted by atomic mass is 9.86. The molecule has 35 heavy (non-hydrogen) atoms. The van der Waals surface area contributed by atoms with E-state index in [0.717, 1.165) is 55.3 Å². The maximum atomic E-state index is 13.6. The summed E-state index contributed by atoms with van der Waals surface area (Å²) < 4.78 is 5.67. The van der Waals surface area contributed by atoms with Crippen molar-refractivity contribution in [2.45, 2.75) is 57.5 Å². The van der Waals surface area contributed by atoms with Gasteiger partial charge in [-0.05, 0) is 42.9 Å². The fraction of sp³-hybridized carbons (Fsp3) is 0.448. The van der Waals surface area contributed by atoms with E-state index in [0.29, 0.717) is 19.6 Å². The quantitative estimate of drug-likeness (QED) is 0.436. The predicted octanol–water partition coefficient (Wildman–Crippen LogP) is 4.64. The summed E-state index contributed by atoms with van der Waals surface area (Å²) in [6.07, 6.45) is 5.11. The number of H-pyrrole nitrogens is 1. The van der Waals surface area contributed by atoms with Crippen molar-refractivity contribution in [2.24, 2.45) is 0 Å². The molecule has 0 radical (unpaired) electrons. The molecule has 0 unspecified atom stereocenters. The zero-order valence-electron chi connectivity index (χ0n) is 20.5. The number of benzene rings is 2. The van der Waals surface area contributed by atoms with Crippen LogP contribution in [0.2, 0.25) is 0 Å². The number of aryl methyl sites for hydroxylation is 1. The van der Waals surface area contributed by atoms with Crippen LogP contribution in [0, 0.1) is 0 Å². The van der Waals surface area contributed by atoms with Gasteiger partial charge in [-0.15, -0.1) is 0 Å². The van der Waals surface area contributed by atoms with Crippen LogP contribution in [0.1, 0.15) is 55.5 Å². The molecule has 3 heterocycles. The van der Waals surface area contributed by atoms with Crippen molar-refractivity contribution in [1.82, 2.24) is 14.8 Å². The van der Waals surface area contributed by atoms with E-state index in [2.05, 4.69) is 36.2 Å². The Morgan fingerprint density at radius 1 is 1.00 bits per heavy atom. The van der Waals surface area contributed by atoms with Gasteiger partial charge in [0.15, 0.2) is 0 Å². The molecular formula is C29H35N3O3. The molecule has 0 spiro atoms. The highest BCUT2D eigenvalue weighted by molar-refractivity contribution is 5.97. The third-order valence-electron chi connectivity index (χ3n) is 7.37. The summed E-state index contributed by atoms with van der Waals surface area (Å²) in [6, 6.07) is 18.1. The van der Waals surface area contributed by atoms with Gasteiger partial charge < -0.3 is 19.5 Å². The summed E-state index contributed by atoms with van der Waals surface area (Å²) in [4.78, 5) is 34.4. The number of amides is 2. The molecule has 0 saturated carbocycles. The van der Waals surface area contributed by atoms with E-state index in [1.54, 1.807) is 4.90 Å². The molecule has 3 aromatic rings. The molecular weight excluding hydrogens is 438 g/mol. The normalized spacial score (nSPS) is 19.8. The van der Waals surface area contributed by atoms with Gasteiger partial charge in [0, 0.05) is 42.8 Å². The van der Waals surface area contributed by atoms with Crippen LogP contribution in [0.4, 0.5) is 0 Å². The smallest absolute Gasteiger partial charge is 0.246 e. The van der Waals surface area contributed by atoms with Gasteiger partial charge in [0.1, 0.15) is 6.04 Å². The minimum absolute atomic E-state index is 0.0452. The van der Waals surface area contributed by atoms with E-state index < -0.39 is 6.04 Å². The highest BCUT2D eigenvalue weighted by Crippen LogP contribution is 2.41. The number of carbonyl (C=O) groups is 2. The van der Waals surface area contributed by atoms with Crippen LogP contribution in [0.3, 0.4) is 0 Å². The van der Waals surface area contributed by atoms with E-state index >= 15 is 0 Å².